The average Bonchev–Trinajstić information content (AvgIpc) is 3.29. The Balaban J connectivity index is 1.70. The molecule has 2 N–H and O–H groups in total. The fourth-order valence-electron chi connectivity index (χ4n) is 4.01. The lowest BCUT2D eigenvalue weighted by molar-refractivity contribution is -0.119. The first-order valence-electron chi connectivity index (χ1n) is 11.3. The first kappa shape index (κ1) is 24.4. The molecule has 0 aliphatic heterocycles. The third kappa shape index (κ3) is 6.23. The van der Waals surface area contributed by atoms with E-state index in [0.29, 0.717) is 30.1 Å². The van der Waals surface area contributed by atoms with Crippen molar-refractivity contribution in [3.8, 4) is 0 Å². The van der Waals surface area contributed by atoms with Gasteiger partial charge in [-0.15, -0.1) is 0 Å². The number of nitrogens with two attached hydrogens (primary N) is 1. The second-order valence-electron chi connectivity index (χ2n) is 8.36. The van der Waals surface area contributed by atoms with Gasteiger partial charge in [0.05, 0.1) is 10.9 Å². The molecule has 0 saturated heterocycles. The van der Waals surface area contributed by atoms with E-state index in [0.717, 1.165) is 11.1 Å². The predicted molar refractivity (Wildman–Crippen MR) is 135 cm³/mol. The van der Waals surface area contributed by atoms with E-state index in [2.05, 4.69) is 5.16 Å². The number of ketones is 1. The number of carbonyl (C=O) groups is 1. The molecular weight excluding hydrogens is 462 g/mol. The zero-order valence-corrected chi connectivity index (χ0v) is 20.2. The molecule has 0 amide bonds. The Labute approximate surface area is 205 Å². The number of rotatable bonds is 10. The molecule has 4 rings (SSSR count). The van der Waals surface area contributed by atoms with Gasteiger partial charge in [0.2, 0.25) is 10.0 Å². The second kappa shape index (κ2) is 10.7. The Hall–Kier alpha value is -3.75. The van der Waals surface area contributed by atoms with Crippen LogP contribution in [0.4, 0.5) is 11.5 Å². The van der Waals surface area contributed by atoms with Crippen LogP contribution in [-0.2, 0) is 21.2 Å². The number of aromatic nitrogens is 1. The van der Waals surface area contributed by atoms with Crippen LogP contribution in [-0.4, -0.2) is 19.4 Å². The van der Waals surface area contributed by atoms with Gasteiger partial charge in [0.15, 0.2) is 5.82 Å². The SMILES string of the molecule is Cc1cc(N(c2ccc(S(N)(=O)=O)cc2)C(CC(=O)CCc2ccccc2)c2ccccc2)no1. The molecule has 1 aromatic heterocycles. The number of Topliss-reactive ketones (excluding diaryl/α,β-unsaturated/α-hetero) is 1. The summed E-state index contributed by atoms with van der Waals surface area (Å²) in [6.07, 6.45) is 1.30. The Bertz CT molecular complexity index is 1370. The number of hydrogen-bond donors (Lipinski definition) is 1. The van der Waals surface area contributed by atoms with Gasteiger partial charge in [-0.2, -0.15) is 0 Å². The summed E-state index contributed by atoms with van der Waals surface area (Å²) in [5.41, 5.74) is 2.70. The first-order chi connectivity index (χ1) is 16.8. The van der Waals surface area contributed by atoms with Crippen molar-refractivity contribution in [3.63, 3.8) is 0 Å². The fraction of sp³-hybridized carbons (Fsp3) is 0.185. The van der Waals surface area contributed by atoms with E-state index in [4.69, 9.17) is 9.66 Å². The monoisotopic (exact) mass is 489 g/mol. The molecule has 4 aromatic rings. The highest BCUT2D eigenvalue weighted by Gasteiger charge is 2.27. The molecule has 1 atom stereocenters. The number of carbonyl (C=O) groups excluding carboxylic acids is 1. The highest BCUT2D eigenvalue weighted by atomic mass is 32.2. The topological polar surface area (TPSA) is 106 Å². The molecule has 8 heteroatoms. The zero-order chi connectivity index (χ0) is 24.8. The molecule has 1 unspecified atom stereocenters. The highest BCUT2D eigenvalue weighted by Crippen LogP contribution is 2.37. The molecule has 0 saturated carbocycles. The van der Waals surface area contributed by atoms with E-state index in [1.807, 2.05) is 65.6 Å². The number of benzene rings is 3. The summed E-state index contributed by atoms with van der Waals surface area (Å²) in [6.45, 7) is 1.79. The van der Waals surface area contributed by atoms with Crippen molar-refractivity contribution in [2.45, 2.75) is 37.1 Å². The minimum atomic E-state index is -3.84. The standard InChI is InChI=1S/C27H27N3O4S/c1-20-18-27(29-34-20)30(23-13-16-25(17-14-23)35(28,32)33)26(22-10-6-3-7-11-22)19-24(31)15-12-21-8-4-2-5-9-21/h2-11,13-14,16-18,26H,12,15,19H2,1H3,(H2,28,32,33). The van der Waals surface area contributed by atoms with Crippen LogP contribution < -0.4 is 10.0 Å². The maximum Gasteiger partial charge on any atom is 0.238 e. The van der Waals surface area contributed by atoms with E-state index in [1.165, 1.54) is 12.1 Å². The summed E-state index contributed by atoms with van der Waals surface area (Å²) >= 11 is 0. The van der Waals surface area contributed by atoms with Crippen LogP contribution in [0, 0.1) is 6.92 Å². The summed E-state index contributed by atoms with van der Waals surface area (Å²) in [6, 6.07) is 27.2. The van der Waals surface area contributed by atoms with Crippen molar-refractivity contribution < 1.29 is 17.7 Å². The van der Waals surface area contributed by atoms with Crippen LogP contribution in [0.3, 0.4) is 0 Å². The van der Waals surface area contributed by atoms with Crippen molar-refractivity contribution in [2.75, 3.05) is 4.90 Å². The van der Waals surface area contributed by atoms with E-state index in [9.17, 15) is 13.2 Å². The van der Waals surface area contributed by atoms with E-state index < -0.39 is 10.0 Å². The lowest BCUT2D eigenvalue weighted by Crippen LogP contribution is -2.27. The van der Waals surface area contributed by atoms with Gasteiger partial charge < -0.3 is 9.42 Å². The van der Waals surface area contributed by atoms with Crippen molar-refractivity contribution in [3.05, 3.63) is 108 Å². The van der Waals surface area contributed by atoms with Gasteiger partial charge in [0.1, 0.15) is 11.5 Å². The lowest BCUT2D eigenvalue weighted by atomic mass is 9.96. The molecular formula is C27H27N3O4S. The highest BCUT2D eigenvalue weighted by molar-refractivity contribution is 7.89. The van der Waals surface area contributed by atoms with E-state index in [1.54, 1.807) is 25.1 Å². The van der Waals surface area contributed by atoms with Gasteiger partial charge in [-0.1, -0.05) is 65.8 Å². The van der Waals surface area contributed by atoms with Crippen LogP contribution >= 0.6 is 0 Å². The molecule has 0 spiro atoms. The molecule has 0 aliphatic carbocycles. The third-order valence-electron chi connectivity index (χ3n) is 5.76. The fourth-order valence-corrected chi connectivity index (χ4v) is 4.53. The molecule has 0 bridgehead atoms. The van der Waals surface area contributed by atoms with Gasteiger partial charge in [0, 0.05) is 24.6 Å². The molecule has 7 nitrogen and oxygen atoms in total. The van der Waals surface area contributed by atoms with Crippen LogP contribution in [0.1, 0.15) is 35.8 Å². The minimum Gasteiger partial charge on any atom is -0.360 e. The maximum atomic E-state index is 13.2. The number of anilines is 2. The summed E-state index contributed by atoms with van der Waals surface area (Å²) in [4.78, 5) is 15.1. The van der Waals surface area contributed by atoms with Gasteiger partial charge in [0.25, 0.3) is 0 Å². The Morgan fingerprint density at radius 3 is 2.17 bits per heavy atom. The predicted octanol–water partition coefficient (Wildman–Crippen LogP) is 5.10. The molecule has 3 aromatic carbocycles. The number of primary sulfonamides is 1. The summed E-state index contributed by atoms with van der Waals surface area (Å²) in [5.74, 6) is 1.25. The van der Waals surface area contributed by atoms with Crippen LogP contribution in [0.5, 0.6) is 0 Å². The van der Waals surface area contributed by atoms with Gasteiger partial charge in [-0.25, -0.2) is 13.6 Å². The minimum absolute atomic E-state index is 0.00716. The lowest BCUT2D eigenvalue weighted by Gasteiger charge is -2.32. The molecule has 0 fully saturated rings. The van der Waals surface area contributed by atoms with Gasteiger partial charge >= 0.3 is 0 Å². The first-order valence-corrected chi connectivity index (χ1v) is 12.8. The van der Waals surface area contributed by atoms with Crippen molar-refractivity contribution in [1.29, 1.82) is 0 Å². The zero-order valence-electron chi connectivity index (χ0n) is 19.4. The Morgan fingerprint density at radius 1 is 0.971 bits per heavy atom. The van der Waals surface area contributed by atoms with Crippen LogP contribution in [0.25, 0.3) is 0 Å². The number of nitrogens with zero attached hydrogens (tertiary/aromatic N) is 2. The Morgan fingerprint density at radius 2 is 1.60 bits per heavy atom. The van der Waals surface area contributed by atoms with Crippen molar-refractivity contribution in [2.24, 2.45) is 5.14 Å². The average molecular weight is 490 g/mol. The van der Waals surface area contributed by atoms with E-state index in [-0.39, 0.29) is 23.1 Å². The molecule has 180 valence electrons. The normalized spacial score (nSPS) is 12.3. The molecule has 0 aliphatic rings. The third-order valence-corrected chi connectivity index (χ3v) is 6.69. The number of sulfonamides is 1. The smallest absolute Gasteiger partial charge is 0.238 e. The summed E-state index contributed by atoms with van der Waals surface area (Å²) in [5, 5.41) is 9.49. The largest absolute Gasteiger partial charge is 0.360 e. The molecule has 0 radical (unpaired) electrons. The van der Waals surface area contributed by atoms with Crippen LogP contribution in [0.2, 0.25) is 0 Å². The van der Waals surface area contributed by atoms with E-state index >= 15 is 0 Å². The van der Waals surface area contributed by atoms with Gasteiger partial charge in [-0.05, 0) is 48.7 Å². The number of hydrogen-bond acceptors (Lipinski definition) is 6. The maximum absolute atomic E-state index is 13.2. The molecule has 1 heterocycles. The summed E-state index contributed by atoms with van der Waals surface area (Å²) in [7, 11) is -3.84. The van der Waals surface area contributed by atoms with Gasteiger partial charge in [-0.3, -0.25) is 4.79 Å². The summed E-state index contributed by atoms with van der Waals surface area (Å²) < 4.78 is 28.9. The van der Waals surface area contributed by atoms with Crippen molar-refractivity contribution in [1.82, 2.24) is 5.16 Å². The second-order valence-corrected chi connectivity index (χ2v) is 9.92. The number of aryl methyl sites for hydroxylation is 2. The quantitative estimate of drug-likeness (QED) is 0.332. The van der Waals surface area contributed by atoms with Crippen molar-refractivity contribution >= 4 is 27.3 Å². The Kier molecular flexibility index (Phi) is 7.43. The molecule has 35 heavy (non-hydrogen) atoms. The van der Waals surface area contributed by atoms with Crippen LogP contribution in [0.15, 0.2) is 100 Å².